The fourth-order valence-electron chi connectivity index (χ4n) is 4.46. The van der Waals surface area contributed by atoms with Gasteiger partial charge in [0.25, 0.3) is 0 Å². The van der Waals surface area contributed by atoms with Crippen LogP contribution in [-0.4, -0.2) is 48.9 Å². The summed E-state index contributed by atoms with van der Waals surface area (Å²) in [5.74, 6) is 0. The topological polar surface area (TPSA) is 51.2 Å². The zero-order valence-corrected chi connectivity index (χ0v) is 18.6. The van der Waals surface area contributed by atoms with Gasteiger partial charge >= 0.3 is 0 Å². The second-order valence-electron chi connectivity index (χ2n) is 8.23. The first-order chi connectivity index (χ1) is 15.8. The van der Waals surface area contributed by atoms with Crippen molar-refractivity contribution < 1.29 is 0 Å². The van der Waals surface area contributed by atoms with Gasteiger partial charge in [-0.3, -0.25) is 4.68 Å². The van der Waals surface area contributed by atoms with E-state index >= 15 is 0 Å². The molecule has 1 aromatic carbocycles. The average Bonchev–Trinajstić information content (AvgIpc) is 3.63. The van der Waals surface area contributed by atoms with Crippen LogP contribution in [-0.2, 0) is 6.54 Å². The van der Waals surface area contributed by atoms with Crippen LogP contribution in [0.3, 0.4) is 0 Å². The Morgan fingerprint density at radius 1 is 0.938 bits per heavy atom. The van der Waals surface area contributed by atoms with Crippen LogP contribution in [0.5, 0.6) is 0 Å². The van der Waals surface area contributed by atoms with Crippen molar-refractivity contribution in [2.24, 2.45) is 0 Å². The van der Waals surface area contributed by atoms with Gasteiger partial charge < -0.3 is 4.90 Å². The highest BCUT2D eigenvalue weighted by Crippen LogP contribution is 2.30. The maximum absolute atomic E-state index is 4.83. The van der Waals surface area contributed by atoms with E-state index in [0.717, 1.165) is 52.4 Å². The minimum Gasteiger partial charge on any atom is -0.301 e. The molecule has 1 fully saturated rings. The second kappa shape index (κ2) is 8.33. The summed E-state index contributed by atoms with van der Waals surface area (Å²) in [7, 11) is 0. The van der Waals surface area contributed by atoms with Gasteiger partial charge in [-0.25, -0.2) is 9.50 Å². The lowest BCUT2D eigenvalue weighted by Crippen LogP contribution is -2.24. The maximum Gasteiger partial charge on any atom is 0.163 e. The lowest BCUT2D eigenvalue weighted by Gasteiger charge is -2.13. The molecule has 6 nitrogen and oxygen atoms in total. The molecule has 0 radical (unpaired) electrons. The molecule has 5 aromatic rings. The fraction of sp³-hybridized carbons (Fsp3) is 0.240. The van der Waals surface area contributed by atoms with Gasteiger partial charge in [-0.05, 0) is 66.5 Å². The summed E-state index contributed by atoms with van der Waals surface area (Å²) >= 11 is 1.68. The average molecular weight is 441 g/mol. The fourth-order valence-corrected chi connectivity index (χ4v) is 5.12. The van der Waals surface area contributed by atoms with E-state index in [1.54, 1.807) is 11.3 Å². The van der Waals surface area contributed by atoms with Gasteiger partial charge in [0, 0.05) is 35.6 Å². The molecule has 5 heterocycles. The van der Waals surface area contributed by atoms with Gasteiger partial charge in [-0.15, -0.1) is 0 Å². The highest BCUT2D eigenvalue weighted by Gasteiger charge is 2.14. The molecule has 4 aromatic heterocycles. The van der Waals surface area contributed by atoms with Gasteiger partial charge in [0.2, 0.25) is 0 Å². The maximum atomic E-state index is 4.83. The quantitative estimate of drug-likeness (QED) is 0.369. The van der Waals surface area contributed by atoms with E-state index < -0.39 is 0 Å². The van der Waals surface area contributed by atoms with Crippen LogP contribution in [0, 0.1) is 0 Å². The Bertz CT molecular complexity index is 1340. The molecule has 0 amide bonds. The zero-order chi connectivity index (χ0) is 21.3. The molecule has 0 spiro atoms. The first-order valence-electron chi connectivity index (χ1n) is 11.1. The van der Waals surface area contributed by atoms with Crippen LogP contribution < -0.4 is 0 Å². The molecule has 160 valence electrons. The highest BCUT2D eigenvalue weighted by molar-refractivity contribution is 7.08. The summed E-state index contributed by atoms with van der Waals surface area (Å²) in [5, 5.41) is 13.7. The molecule has 0 unspecified atom stereocenters. The molecule has 1 aliphatic rings. The number of aromatic nitrogens is 5. The molecule has 1 saturated heterocycles. The standard InChI is InChI=1S/C25H24N6S/c1-2-11-29(10-1)13-14-30-12-7-23(28-30)19-4-3-5-20(16-19)24-6-9-26-25-22(17-27-31(24)25)21-8-15-32-18-21/h3-9,12,15-18H,1-2,10-11,13-14H2. The van der Waals surface area contributed by atoms with Crippen molar-refractivity contribution in [2.75, 3.05) is 19.6 Å². The Morgan fingerprint density at radius 2 is 1.84 bits per heavy atom. The van der Waals surface area contributed by atoms with E-state index in [4.69, 9.17) is 5.10 Å². The SMILES string of the molecule is c1cc(-c2ccn(CCN3CCCC3)n2)cc(-c2ccnc3c(-c4ccsc4)cnn23)c1. The Labute approximate surface area is 190 Å². The number of hydrogen-bond donors (Lipinski definition) is 0. The first-order valence-corrected chi connectivity index (χ1v) is 12.0. The summed E-state index contributed by atoms with van der Waals surface area (Å²) in [4.78, 5) is 7.12. The van der Waals surface area contributed by atoms with E-state index in [2.05, 4.69) is 73.0 Å². The molecule has 32 heavy (non-hydrogen) atoms. The number of likely N-dealkylation sites (tertiary alicyclic amines) is 1. The van der Waals surface area contributed by atoms with Crippen molar-refractivity contribution >= 4 is 17.0 Å². The molecule has 1 aliphatic heterocycles. The van der Waals surface area contributed by atoms with E-state index in [1.165, 1.54) is 25.9 Å². The summed E-state index contributed by atoms with van der Waals surface area (Å²) in [6.07, 6.45) is 8.50. The molecular formula is C25H24N6S. The van der Waals surface area contributed by atoms with Gasteiger partial charge in [0.05, 0.1) is 24.1 Å². The number of nitrogens with zero attached hydrogens (tertiary/aromatic N) is 6. The van der Waals surface area contributed by atoms with Crippen molar-refractivity contribution in [3.8, 4) is 33.6 Å². The number of thiophene rings is 1. The number of hydrogen-bond acceptors (Lipinski definition) is 5. The molecule has 0 saturated carbocycles. The Morgan fingerprint density at radius 3 is 2.72 bits per heavy atom. The first kappa shape index (κ1) is 19.4. The minimum atomic E-state index is 0.873. The van der Waals surface area contributed by atoms with E-state index in [0.29, 0.717) is 0 Å². The molecule has 7 heteroatoms. The smallest absolute Gasteiger partial charge is 0.163 e. The van der Waals surface area contributed by atoms with Gasteiger partial charge in [-0.1, -0.05) is 18.2 Å². The van der Waals surface area contributed by atoms with Gasteiger partial charge in [0.15, 0.2) is 5.65 Å². The van der Waals surface area contributed by atoms with E-state index in [9.17, 15) is 0 Å². The van der Waals surface area contributed by atoms with Crippen LogP contribution in [0.1, 0.15) is 12.8 Å². The predicted molar refractivity (Wildman–Crippen MR) is 129 cm³/mol. The Balaban J connectivity index is 1.30. The zero-order valence-electron chi connectivity index (χ0n) is 17.8. The molecule has 6 rings (SSSR count). The van der Waals surface area contributed by atoms with Crippen molar-refractivity contribution in [3.05, 3.63) is 71.8 Å². The Hall–Kier alpha value is -3.29. The number of benzene rings is 1. The molecule has 0 aliphatic carbocycles. The van der Waals surface area contributed by atoms with Crippen molar-refractivity contribution in [2.45, 2.75) is 19.4 Å². The van der Waals surface area contributed by atoms with Crippen molar-refractivity contribution in [1.82, 2.24) is 29.3 Å². The summed E-state index contributed by atoms with van der Waals surface area (Å²) in [5.41, 5.74) is 7.31. The lowest BCUT2D eigenvalue weighted by atomic mass is 10.1. The van der Waals surface area contributed by atoms with Gasteiger partial charge in [-0.2, -0.15) is 21.5 Å². The molecular weight excluding hydrogens is 416 g/mol. The third-order valence-electron chi connectivity index (χ3n) is 6.17. The lowest BCUT2D eigenvalue weighted by molar-refractivity contribution is 0.316. The van der Waals surface area contributed by atoms with E-state index in [1.807, 2.05) is 23.0 Å². The van der Waals surface area contributed by atoms with Crippen molar-refractivity contribution in [3.63, 3.8) is 0 Å². The third kappa shape index (κ3) is 3.63. The largest absolute Gasteiger partial charge is 0.301 e. The van der Waals surface area contributed by atoms with E-state index in [-0.39, 0.29) is 0 Å². The minimum absolute atomic E-state index is 0.873. The Kier molecular flexibility index (Phi) is 5.05. The predicted octanol–water partition coefficient (Wildman–Crippen LogP) is 5.08. The van der Waals surface area contributed by atoms with Crippen LogP contribution in [0.25, 0.3) is 39.3 Å². The molecule has 0 N–H and O–H groups in total. The molecule has 0 atom stereocenters. The summed E-state index contributed by atoms with van der Waals surface area (Å²) in [6.45, 7) is 4.45. The summed E-state index contributed by atoms with van der Waals surface area (Å²) < 4.78 is 3.99. The number of fused-ring (bicyclic) bond motifs is 1. The second-order valence-corrected chi connectivity index (χ2v) is 9.01. The van der Waals surface area contributed by atoms with Gasteiger partial charge in [0.1, 0.15) is 0 Å². The molecule has 0 bridgehead atoms. The van der Waals surface area contributed by atoms with Crippen LogP contribution in [0.15, 0.2) is 71.8 Å². The summed E-state index contributed by atoms with van der Waals surface area (Å²) in [6, 6.07) is 14.7. The van der Waals surface area contributed by atoms with Crippen LogP contribution in [0.2, 0.25) is 0 Å². The monoisotopic (exact) mass is 440 g/mol. The van der Waals surface area contributed by atoms with Crippen LogP contribution >= 0.6 is 11.3 Å². The number of rotatable bonds is 6. The van der Waals surface area contributed by atoms with Crippen molar-refractivity contribution in [1.29, 1.82) is 0 Å². The third-order valence-corrected chi connectivity index (χ3v) is 6.86. The highest BCUT2D eigenvalue weighted by atomic mass is 32.1. The normalized spacial score (nSPS) is 14.5. The van der Waals surface area contributed by atoms with Crippen LogP contribution in [0.4, 0.5) is 0 Å².